The van der Waals surface area contributed by atoms with E-state index in [0.717, 1.165) is 6.42 Å². The van der Waals surface area contributed by atoms with Gasteiger partial charge in [-0.15, -0.1) is 0 Å². The van der Waals surface area contributed by atoms with Crippen LogP contribution in [0.1, 0.15) is 25.5 Å². The average Bonchev–Trinajstić information content (AvgIpc) is 2.36. The first kappa shape index (κ1) is 14.3. The number of thiocarbonyl (C=S) groups is 1. The van der Waals surface area contributed by atoms with Crippen molar-refractivity contribution in [2.45, 2.75) is 19.8 Å². The fraction of sp³-hybridized carbons (Fsp3) is 0.455. The maximum absolute atomic E-state index is 11.4. The van der Waals surface area contributed by atoms with Crippen LogP contribution in [0.5, 0.6) is 0 Å². The molecule has 1 aromatic heterocycles. The average molecular weight is 267 g/mol. The van der Waals surface area contributed by atoms with Crippen LogP contribution in [0.4, 0.5) is 5.82 Å². The Morgan fingerprint density at radius 3 is 2.78 bits per heavy atom. The van der Waals surface area contributed by atoms with Crippen LogP contribution >= 0.6 is 12.2 Å². The second-order valence-electron chi connectivity index (χ2n) is 3.64. The van der Waals surface area contributed by atoms with Crippen LogP contribution in [-0.4, -0.2) is 34.0 Å². The number of rotatable bonds is 7. The van der Waals surface area contributed by atoms with E-state index in [0.29, 0.717) is 31.0 Å². The number of aromatic nitrogens is 2. The lowest BCUT2D eigenvalue weighted by Crippen LogP contribution is -2.26. The zero-order valence-electron chi connectivity index (χ0n) is 10.3. The minimum Gasteiger partial charge on any atom is -0.388 e. The van der Waals surface area contributed by atoms with Crippen molar-refractivity contribution < 1.29 is 4.79 Å². The lowest BCUT2D eigenvalue weighted by Gasteiger charge is -2.08. The SMILES string of the molecule is CCCNC(=O)CCNc1nccnc1C(N)=S. The van der Waals surface area contributed by atoms with Crippen LogP contribution in [0.2, 0.25) is 0 Å². The van der Waals surface area contributed by atoms with Crippen molar-refractivity contribution in [1.82, 2.24) is 15.3 Å². The van der Waals surface area contributed by atoms with E-state index in [1.54, 1.807) is 6.20 Å². The topological polar surface area (TPSA) is 92.9 Å². The Bertz CT molecular complexity index is 424. The fourth-order valence-electron chi connectivity index (χ4n) is 1.29. The third kappa shape index (κ3) is 4.62. The van der Waals surface area contributed by atoms with Gasteiger partial charge in [0.05, 0.1) is 0 Å². The van der Waals surface area contributed by atoms with Crippen LogP contribution in [-0.2, 0) is 4.79 Å². The second kappa shape index (κ2) is 7.54. The maximum Gasteiger partial charge on any atom is 0.221 e. The predicted molar refractivity (Wildman–Crippen MR) is 74.3 cm³/mol. The molecule has 6 nitrogen and oxygen atoms in total. The van der Waals surface area contributed by atoms with Gasteiger partial charge in [-0.25, -0.2) is 9.97 Å². The first-order valence-corrected chi connectivity index (χ1v) is 6.17. The quantitative estimate of drug-likeness (QED) is 0.621. The summed E-state index contributed by atoms with van der Waals surface area (Å²) in [5.41, 5.74) is 5.97. The summed E-state index contributed by atoms with van der Waals surface area (Å²) in [7, 11) is 0. The Hall–Kier alpha value is -1.76. The van der Waals surface area contributed by atoms with Gasteiger partial charge < -0.3 is 16.4 Å². The number of nitrogens with two attached hydrogens (primary N) is 1. The molecule has 0 saturated carbocycles. The molecule has 0 spiro atoms. The number of nitrogens with zero attached hydrogens (tertiary/aromatic N) is 2. The van der Waals surface area contributed by atoms with E-state index < -0.39 is 0 Å². The largest absolute Gasteiger partial charge is 0.388 e. The monoisotopic (exact) mass is 267 g/mol. The van der Waals surface area contributed by atoms with E-state index in [4.69, 9.17) is 18.0 Å². The Kier molecular flexibility index (Phi) is 5.99. The molecule has 0 aromatic carbocycles. The number of nitrogens with one attached hydrogen (secondary N) is 2. The van der Waals surface area contributed by atoms with E-state index >= 15 is 0 Å². The molecule has 98 valence electrons. The number of carbonyl (C=O) groups is 1. The van der Waals surface area contributed by atoms with Gasteiger partial charge in [0.15, 0.2) is 5.82 Å². The highest BCUT2D eigenvalue weighted by molar-refractivity contribution is 7.80. The summed E-state index contributed by atoms with van der Waals surface area (Å²) in [5.74, 6) is 0.512. The summed E-state index contributed by atoms with van der Waals surface area (Å²) < 4.78 is 0. The van der Waals surface area contributed by atoms with Crippen molar-refractivity contribution in [3.8, 4) is 0 Å². The van der Waals surface area contributed by atoms with E-state index in [2.05, 4.69) is 20.6 Å². The lowest BCUT2D eigenvalue weighted by atomic mass is 10.3. The molecule has 18 heavy (non-hydrogen) atoms. The van der Waals surface area contributed by atoms with E-state index in [1.807, 2.05) is 6.92 Å². The van der Waals surface area contributed by atoms with Crippen molar-refractivity contribution in [3.63, 3.8) is 0 Å². The van der Waals surface area contributed by atoms with Gasteiger partial charge in [-0.3, -0.25) is 4.79 Å². The van der Waals surface area contributed by atoms with Gasteiger partial charge >= 0.3 is 0 Å². The van der Waals surface area contributed by atoms with Crippen LogP contribution < -0.4 is 16.4 Å². The van der Waals surface area contributed by atoms with Crippen molar-refractivity contribution in [2.75, 3.05) is 18.4 Å². The number of amides is 1. The molecule has 0 aliphatic heterocycles. The Morgan fingerprint density at radius 2 is 2.11 bits per heavy atom. The molecular formula is C11H17N5OS. The minimum atomic E-state index is 0.00474. The van der Waals surface area contributed by atoms with E-state index in [9.17, 15) is 4.79 Å². The molecule has 1 heterocycles. The molecule has 0 aliphatic carbocycles. The number of hydrogen-bond donors (Lipinski definition) is 3. The van der Waals surface area contributed by atoms with Gasteiger partial charge in [-0.05, 0) is 6.42 Å². The first-order valence-electron chi connectivity index (χ1n) is 5.76. The fourth-order valence-corrected chi connectivity index (χ4v) is 1.44. The number of carbonyl (C=O) groups excluding carboxylic acids is 1. The molecule has 0 aliphatic rings. The Labute approximate surface area is 111 Å². The summed E-state index contributed by atoms with van der Waals surface area (Å²) in [6, 6.07) is 0. The third-order valence-corrected chi connectivity index (χ3v) is 2.34. The molecular weight excluding hydrogens is 250 g/mol. The normalized spacial score (nSPS) is 9.83. The van der Waals surface area contributed by atoms with Crippen molar-refractivity contribution in [2.24, 2.45) is 5.73 Å². The highest BCUT2D eigenvalue weighted by Crippen LogP contribution is 2.07. The summed E-state index contributed by atoms with van der Waals surface area (Å²) in [4.78, 5) is 19.7. The molecule has 4 N–H and O–H groups in total. The molecule has 7 heteroatoms. The van der Waals surface area contributed by atoms with E-state index in [-0.39, 0.29) is 10.9 Å². The summed E-state index contributed by atoms with van der Waals surface area (Å²) in [5, 5.41) is 5.79. The number of hydrogen-bond acceptors (Lipinski definition) is 5. The van der Waals surface area contributed by atoms with Crippen LogP contribution in [0.15, 0.2) is 12.4 Å². The Morgan fingerprint density at radius 1 is 1.39 bits per heavy atom. The summed E-state index contributed by atoms with van der Waals surface area (Å²) in [6.07, 6.45) is 4.36. The molecule has 1 amide bonds. The van der Waals surface area contributed by atoms with Crippen molar-refractivity contribution in [1.29, 1.82) is 0 Å². The zero-order valence-corrected chi connectivity index (χ0v) is 11.1. The van der Waals surface area contributed by atoms with Gasteiger partial charge in [-0.1, -0.05) is 19.1 Å². The standard InChI is InChI=1S/C11H17N5OS/c1-2-4-13-8(17)3-5-15-11-9(10(12)18)14-6-7-16-11/h6-7H,2-5H2,1H3,(H2,12,18)(H,13,17)(H,15,16). The maximum atomic E-state index is 11.4. The molecule has 0 unspecified atom stereocenters. The molecule has 0 atom stereocenters. The molecule has 0 bridgehead atoms. The first-order chi connectivity index (χ1) is 8.65. The summed E-state index contributed by atoms with van der Waals surface area (Å²) in [6.45, 7) is 3.17. The lowest BCUT2D eigenvalue weighted by molar-refractivity contribution is -0.120. The van der Waals surface area contributed by atoms with Gasteiger partial charge in [0, 0.05) is 31.9 Å². The van der Waals surface area contributed by atoms with Gasteiger partial charge in [0.2, 0.25) is 5.91 Å². The highest BCUT2D eigenvalue weighted by Gasteiger charge is 2.07. The molecule has 0 saturated heterocycles. The molecule has 0 fully saturated rings. The minimum absolute atomic E-state index is 0.00474. The third-order valence-electron chi connectivity index (χ3n) is 2.15. The van der Waals surface area contributed by atoms with Crippen molar-refractivity contribution >= 4 is 28.9 Å². The second-order valence-corrected chi connectivity index (χ2v) is 4.08. The van der Waals surface area contributed by atoms with Crippen LogP contribution in [0.25, 0.3) is 0 Å². The molecule has 0 radical (unpaired) electrons. The van der Waals surface area contributed by atoms with Crippen LogP contribution in [0, 0.1) is 0 Å². The highest BCUT2D eigenvalue weighted by atomic mass is 32.1. The van der Waals surface area contributed by atoms with Gasteiger partial charge in [0.25, 0.3) is 0 Å². The predicted octanol–water partition coefficient (Wildman–Crippen LogP) is 0.439. The van der Waals surface area contributed by atoms with Crippen LogP contribution in [0.3, 0.4) is 0 Å². The molecule has 1 aromatic rings. The van der Waals surface area contributed by atoms with Gasteiger partial charge in [0.1, 0.15) is 10.7 Å². The number of anilines is 1. The van der Waals surface area contributed by atoms with Gasteiger partial charge in [-0.2, -0.15) is 0 Å². The van der Waals surface area contributed by atoms with E-state index in [1.165, 1.54) is 6.20 Å². The zero-order chi connectivity index (χ0) is 13.4. The smallest absolute Gasteiger partial charge is 0.221 e. The Balaban J connectivity index is 2.44. The molecule has 1 rings (SSSR count). The van der Waals surface area contributed by atoms with Crippen molar-refractivity contribution in [3.05, 3.63) is 18.1 Å². The summed E-state index contributed by atoms with van der Waals surface area (Å²) >= 11 is 4.86.